The lowest BCUT2D eigenvalue weighted by molar-refractivity contribution is -0.161. The van der Waals surface area contributed by atoms with E-state index in [2.05, 4.69) is 10.3 Å². The lowest BCUT2D eigenvalue weighted by Gasteiger charge is -2.31. The van der Waals surface area contributed by atoms with E-state index in [-0.39, 0.29) is 18.1 Å². The van der Waals surface area contributed by atoms with E-state index in [0.29, 0.717) is 22.9 Å². The number of nitrogens with one attached hydrogen (secondary N) is 1. The molecule has 12 heteroatoms. The van der Waals surface area contributed by atoms with Gasteiger partial charge in [-0.05, 0) is 39.0 Å². The summed E-state index contributed by atoms with van der Waals surface area (Å²) in [5.41, 5.74) is -0.496. The first-order valence-electron chi connectivity index (χ1n) is 11.3. The van der Waals surface area contributed by atoms with Gasteiger partial charge in [-0.1, -0.05) is 23.7 Å². The molecular weight excluding hydrogens is 503 g/mol. The Kier molecular flexibility index (Phi) is 6.02. The maximum absolute atomic E-state index is 14.1. The van der Waals surface area contributed by atoms with Gasteiger partial charge in [0.25, 0.3) is 5.91 Å². The number of para-hydroxylation sites is 1. The molecule has 0 spiro atoms. The zero-order valence-corrected chi connectivity index (χ0v) is 20.3. The van der Waals surface area contributed by atoms with Crippen LogP contribution in [0.2, 0.25) is 5.02 Å². The molecule has 2 aromatic rings. The fraction of sp³-hybridized carbons (Fsp3) is 0.458. The molecule has 4 atom stereocenters. The molecule has 0 aliphatic carbocycles. The number of amides is 1. The van der Waals surface area contributed by atoms with E-state index in [1.54, 1.807) is 32.0 Å². The molecule has 1 unspecified atom stereocenters. The number of ketones is 1. The molecule has 3 aliphatic heterocycles. The van der Waals surface area contributed by atoms with Gasteiger partial charge < -0.3 is 19.5 Å². The predicted octanol–water partition coefficient (Wildman–Crippen LogP) is 3.59. The molecule has 192 valence electrons. The van der Waals surface area contributed by atoms with Crippen LogP contribution in [0.3, 0.4) is 0 Å². The predicted molar refractivity (Wildman–Crippen MR) is 122 cm³/mol. The van der Waals surface area contributed by atoms with Crippen molar-refractivity contribution in [2.75, 3.05) is 18.1 Å². The zero-order chi connectivity index (χ0) is 26.0. The van der Waals surface area contributed by atoms with Crippen molar-refractivity contribution in [3.8, 4) is 5.75 Å². The third-order valence-corrected chi connectivity index (χ3v) is 6.59. The van der Waals surface area contributed by atoms with E-state index in [9.17, 15) is 22.8 Å². The van der Waals surface area contributed by atoms with Crippen LogP contribution in [0.5, 0.6) is 5.75 Å². The van der Waals surface area contributed by atoms with Crippen LogP contribution in [-0.2, 0) is 25.2 Å². The summed E-state index contributed by atoms with van der Waals surface area (Å²) in [6, 6.07) is 4.30. The van der Waals surface area contributed by atoms with Gasteiger partial charge in [-0.15, -0.1) is 0 Å². The van der Waals surface area contributed by atoms with Crippen LogP contribution in [-0.4, -0.2) is 53.9 Å². The number of carbonyl (C=O) groups is 2. The number of aromatic nitrogens is 1. The Morgan fingerprint density at radius 2 is 2.00 bits per heavy atom. The van der Waals surface area contributed by atoms with Gasteiger partial charge in [-0.25, -0.2) is 4.98 Å². The van der Waals surface area contributed by atoms with Crippen molar-refractivity contribution in [2.45, 2.75) is 57.0 Å². The molecule has 0 radical (unpaired) electrons. The summed E-state index contributed by atoms with van der Waals surface area (Å²) in [5.74, 6) is -2.36. The van der Waals surface area contributed by atoms with E-state index >= 15 is 0 Å². The molecule has 1 aromatic carbocycles. The Hall–Kier alpha value is -2.73. The minimum Gasteiger partial charge on any atom is -0.490 e. The summed E-state index contributed by atoms with van der Waals surface area (Å²) in [4.78, 5) is 32.8. The fourth-order valence-electron chi connectivity index (χ4n) is 4.91. The van der Waals surface area contributed by atoms with Gasteiger partial charge in [0.15, 0.2) is 17.7 Å². The number of halogens is 4. The van der Waals surface area contributed by atoms with Gasteiger partial charge in [-0.2, -0.15) is 13.2 Å². The summed E-state index contributed by atoms with van der Waals surface area (Å²) in [5, 5.41) is 3.42. The SMILES string of the molecule is Cc1cc(C(F)(F)F)cc(N2C(=O)[C@H]3OC(C)(C)O[C@H]3[C@H]2C(=O)C2NCCOc3c(Cl)cccc32)n1. The minimum absolute atomic E-state index is 0.0381. The van der Waals surface area contributed by atoms with Crippen molar-refractivity contribution >= 4 is 29.1 Å². The van der Waals surface area contributed by atoms with Crippen LogP contribution in [0.25, 0.3) is 0 Å². The van der Waals surface area contributed by atoms with Crippen LogP contribution in [0, 0.1) is 6.92 Å². The van der Waals surface area contributed by atoms with Crippen molar-refractivity contribution in [3.63, 3.8) is 0 Å². The number of hydrogen-bond acceptors (Lipinski definition) is 7. The number of pyridine rings is 1. The van der Waals surface area contributed by atoms with E-state index in [1.807, 2.05) is 0 Å². The largest absolute Gasteiger partial charge is 0.490 e. The number of carbonyl (C=O) groups excluding carboxylic acids is 2. The minimum atomic E-state index is -4.68. The average Bonchev–Trinajstić information content (AvgIpc) is 3.12. The molecule has 36 heavy (non-hydrogen) atoms. The van der Waals surface area contributed by atoms with Crippen molar-refractivity contribution in [1.29, 1.82) is 0 Å². The monoisotopic (exact) mass is 525 g/mol. The number of alkyl halides is 3. The number of ether oxygens (including phenoxy) is 3. The highest BCUT2D eigenvalue weighted by Gasteiger charge is 2.61. The Morgan fingerprint density at radius 1 is 1.25 bits per heavy atom. The Morgan fingerprint density at radius 3 is 2.72 bits per heavy atom. The maximum Gasteiger partial charge on any atom is 0.416 e. The summed E-state index contributed by atoms with van der Waals surface area (Å²) < 4.78 is 58.2. The first-order valence-corrected chi connectivity index (χ1v) is 11.7. The average molecular weight is 526 g/mol. The number of aryl methyl sites for hydroxylation is 1. The highest BCUT2D eigenvalue weighted by molar-refractivity contribution is 6.32. The molecule has 0 bridgehead atoms. The molecule has 2 saturated heterocycles. The third kappa shape index (κ3) is 4.23. The van der Waals surface area contributed by atoms with Gasteiger partial charge in [0.05, 0.1) is 16.6 Å². The van der Waals surface area contributed by atoms with Crippen LogP contribution < -0.4 is 15.0 Å². The van der Waals surface area contributed by atoms with Crippen molar-refractivity contribution in [2.24, 2.45) is 0 Å². The van der Waals surface area contributed by atoms with Gasteiger partial charge in [-0.3, -0.25) is 14.5 Å². The Bertz CT molecular complexity index is 1240. The molecule has 4 heterocycles. The number of fused-ring (bicyclic) bond motifs is 2. The number of hydrogen-bond donors (Lipinski definition) is 1. The molecule has 3 aliphatic rings. The molecule has 0 saturated carbocycles. The molecule has 5 rings (SSSR count). The highest BCUT2D eigenvalue weighted by Crippen LogP contribution is 2.43. The van der Waals surface area contributed by atoms with Gasteiger partial charge in [0.2, 0.25) is 0 Å². The number of benzene rings is 1. The summed E-state index contributed by atoms with van der Waals surface area (Å²) in [7, 11) is 0. The number of anilines is 1. The number of nitrogens with zero attached hydrogens (tertiary/aromatic N) is 2. The lowest BCUT2D eigenvalue weighted by Crippen LogP contribution is -2.50. The van der Waals surface area contributed by atoms with Gasteiger partial charge in [0.1, 0.15) is 30.3 Å². The third-order valence-electron chi connectivity index (χ3n) is 6.29. The molecule has 2 fully saturated rings. The molecular formula is C24H23ClF3N3O5. The highest BCUT2D eigenvalue weighted by atomic mass is 35.5. The van der Waals surface area contributed by atoms with E-state index in [1.165, 1.54) is 6.92 Å². The zero-order valence-electron chi connectivity index (χ0n) is 19.6. The Balaban J connectivity index is 1.62. The summed E-state index contributed by atoms with van der Waals surface area (Å²) in [6.07, 6.45) is -6.93. The van der Waals surface area contributed by atoms with Crippen LogP contribution >= 0.6 is 11.6 Å². The van der Waals surface area contributed by atoms with E-state index < -0.39 is 53.5 Å². The van der Waals surface area contributed by atoms with E-state index in [4.69, 9.17) is 25.8 Å². The molecule has 1 aromatic heterocycles. The van der Waals surface area contributed by atoms with E-state index in [0.717, 1.165) is 17.0 Å². The summed E-state index contributed by atoms with van der Waals surface area (Å²) >= 11 is 6.31. The van der Waals surface area contributed by atoms with Gasteiger partial charge in [0, 0.05) is 17.8 Å². The first-order chi connectivity index (χ1) is 16.9. The standard InChI is InChI=1S/C24H23ClF3N3O5/c1-11-9-12(24(26,27)28)10-15(30-11)31-17(20-21(22(31)33)36-23(2,3)35-20)18(32)16-13-5-4-6-14(25)19(13)34-8-7-29-16/h4-6,9-10,16-17,20-21,29H,7-8H2,1-3H3/t16?,17-,20+,21+/m1/s1. The maximum atomic E-state index is 14.1. The molecule has 1 N–H and O–H groups in total. The molecule has 1 amide bonds. The number of Topliss-reactive ketones (excluding diaryl/α,β-unsaturated/α-hetero) is 1. The second kappa shape index (κ2) is 8.69. The second-order valence-corrected chi connectivity index (χ2v) is 9.73. The lowest BCUT2D eigenvalue weighted by atomic mass is 9.94. The van der Waals surface area contributed by atoms with Crippen molar-refractivity contribution in [1.82, 2.24) is 10.3 Å². The quantitative estimate of drug-likeness (QED) is 0.655. The van der Waals surface area contributed by atoms with Crippen LogP contribution in [0.15, 0.2) is 30.3 Å². The van der Waals surface area contributed by atoms with Crippen molar-refractivity contribution in [3.05, 3.63) is 52.2 Å². The van der Waals surface area contributed by atoms with Gasteiger partial charge >= 0.3 is 6.18 Å². The smallest absolute Gasteiger partial charge is 0.416 e. The second-order valence-electron chi connectivity index (χ2n) is 9.32. The van der Waals surface area contributed by atoms with Crippen LogP contribution in [0.4, 0.5) is 19.0 Å². The van der Waals surface area contributed by atoms with Crippen molar-refractivity contribution < 1.29 is 37.0 Å². The Labute approximate surface area is 209 Å². The topological polar surface area (TPSA) is 90.0 Å². The molecule has 8 nitrogen and oxygen atoms in total. The summed E-state index contributed by atoms with van der Waals surface area (Å²) in [6.45, 7) is 5.12. The number of rotatable bonds is 3. The normalized spacial score (nSPS) is 27.3. The van der Waals surface area contributed by atoms with Crippen LogP contribution in [0.1, 0.15) is 36.7 Å². The fourth-order valence-corrected chi connectivity index (χ4v) is 5.15. The first kappa shape index (κ1) is 24.9.